The molecule has 1 saturated heterocycles. The first-order valence-electron chi connectivity index (χ1n) is 5.89. The molecule has 0 radical (unpaired) electrons. The predicted molar refractivity (Wildman–Crippen MR) is 57.6 cm³/mol. The zero-order valence-electron chi connectivity index (χ0n) is 9.29. The summed E-state index contributed by atoms with van der Waals surface area (Å²) in [4.78, 5) is 11.4. The van der Waals surface area contributed by atoms with Crippen LogP contribution in [0, 0.1) is 11.8 Å². The third-order valence-electron chi connectivity index (χ3n) is 3.32. The molecule has 0 aromatic carbocycles. The lowest BCUT2D eigenvalue weighted by molar-refractivity contribution is 0.111. The molecule has 0 aromatic heterocycles. The van der Waals surface area contributed by atoms with Crippen LogP contribution in [-0.4, -0.2) is 31.8 Å². The van der Waals surface area contributed by atoms with E-state index in [0.29, 0.717) is 12.5 Å². The lowest BCUT2D eigenvalue weighted by atomic mass is 10.2. The maximum Gasteiger partial charge on any atom is 0.314 e. The van der Waals surface area contributed by atoms with E-state index in [1.165, 1.54) is 6.42 Å². The van der Waals surface area contributed by atoms with Crippen molar-refractivity contribution in [2.24, 2.45) is 11.8 Å². The van der Waals surface area contributed by atoms with E-state index in [1.807, 2.05) is 0 Å². The van der Waals surface area contributed by atoms with E-state index >= 15 is 0 Å². The molecule has 15 heavy (non-hydrogen) atoms. The lowest BCUT2D eigenvalue weighted by Crippen LogP contribution is -2.40. The molecule has 0 spiro atoms. The first kappa shape index (κ1) is 10.7. The van der Waals surface area contributed by atoms with Crippen LogP contribution in [0.25, 0.3) is 0 Å². The SMILES string of the molecule is CC1CC1CNC(=O)NCC1CCCO1. The fourth-order valence-electron chi connectivity index (χ4n) is 1.98. The molecule has 3 atom stereocenters. The van der Waals surface area contributed by atoms with Gasteiger partial charge in [-0.05, 0) is 31.1 Å². The lowest BCUT2D eigenvalue weighted by Gasteiger charge is -2.11. The summed E-state index contributed by atoms with van der Waals surface area (Å²) in [7, 11) is 0. The highest BCUT2D eigenvalue weighted by atomic mass is 16.5. The second-order valence-electron chi connectivity index (χ2n) is 4.70. The van der Waals surface area contributed by atoms with E-state index in [4.69, 9.17) is 4.74 Å². The molecule has 1 saturated carbocycles. The summed E-state index contributed by atoms with van der Waals surface area (Å²) in [6.07, 6.45) is 3.68. The molecule has 3 unspecified atom stereocenters. The first-order valence-corrected chi connectivity index (χ1v) is 5.89. The first-order chi connectivity index (χ1) is 7.25. The van der Waals surface area contributed by atoms with Crippen molar-refractivity contribution in [3.63, 3.8) is 0 Å². The molecule has 2 fully saturated rings. The summed E-state index contributed by atoms with van der Waals surface area (Å²) < 4.78 is 5.42. The third kappa shape index (κ3) is 3.38. The third-order valence-corrected chi connectivity index (χ3v) is 3.32. The van der Waals surface area contributed by atoms with Crippen LogP contribution < -0.4 is 10.6 Å². The number of rotatable bonds is 4. The molecule has 2 rings (SSSR count). The summed E-state index contributed by atoms with van der Waals surface area (Å²) in [6.45, 7) is 4.52. The molecule has 1 aliphatic carbocycles. The second kappa shape index (κ2) is 4.84. The summed E-state index contributed by atoms with van der Waals surface area (Å²) in [6, 6.07) is -0.0513. The number of hydrogen-bond acceptors (Lipinski definition) is 2. The van der Waals surface area contributed by atoms with E-state index < -0.39 is 0 Å². The highest BCUT2D eigenvalue weighted by molar-refractivity contribution is 5.73. The van der Waals surface area contributed by atoms with Crippen LogP contribution in [0.3, 0.4) is 0 Å². The van der Waals surface area contributed by atoms with Gasteiger partial charge in [-0.2, -0.15) is 0 Å². The largest absolute Gasteiger partial charge is 0.376 e. The Kier molecular flexibility index (Phi) is 3.46. The minimum Gasteiger partial charge on any atom is -0.376 e. The Morgan fingerprint density at radius 2 is 2.13 bits per heavy atom. The van der Waals surface area contributed by atoms with Gasteiger partial charge in [-0.1, -0.05) is 6.92 Å². The number of ether oxygens (including phenoxy) is 1. The van der Waals surface area contributed by atoms with E-state index in [2.05, 4.69) is 17.6 Å². The van der Waals surface area contributed by atoms with Crippen molar-refractivity contribution >= 4 is 6.03 Å². The van der Waals surface area contributed by atoms with Crippen LogP contribution in [-0.2, 0) is 4.74 Å². The average molecular weight is 212 g/mol. The van der Waals surface area contributed by atoms with Crippen molar-refractivity contribution in [1.29, 1.82) is 0 Å². The minimum atomic E-state index is -0.0513. The van der Waals surface area contributed by atoms with Crippen molar-refractivity contribution in [2.75, 3.05) is 19.7 Å². The number of hydrogen-bond donors (Lipinski definition) is 2. The summed E-state index contributed by atoms with van der Waals surface area (Å²) in [5, 5.41) is 5.74. The zero-order valence-corrected chi connectivity index (χ0v) is 9.29. The second-order valence-corrected chi connectivity index (χ2v) is 4.70. The number of carbonyl (C=O) groups is 1. The predicted octanol–water partition coefficient (Wildman–Crippen LogP) is 1.12. The van der Waals surface area contributed by atoms with Gasteiger partial charge in [0.2, 0.25) is 0 Å². The summed E-state index contributed by atoms with van der Waals surface area (Å²) in [5.41, 5.74) is 0. The molecule has 2 aliphatic rings. The minimum absolute atomic E-state index is 0.0513. The maximum atomic E-state index is 11.4. The molecule has 1 aliphatic heterocycles. The van der Waals surface area contributed by atoms with Gasteiger partial charge in [0.25, 0.3) is 0 Å². The van der Waals surface area contributed by atoms with E-state index in [-0.39, 0.29) is 12.1 Å². The van der Waals surface area contributed by atoms with E-state index in [1.54, 1.807) is 0 Å². The Hall–Kier alpha value is -0.770. The van der Waals surface area contributed by atoms with E-state index in [9.17, 15) is 4.79 Å². The number of carbonyl (C=O) groups excluding carboxylic acids is 1. The van der Waals surface area contributed by atoms with Crippen molar-refractivity contribution in [3.05, 3.63) is 0 Å². The van der Waals surface area contributed by atoms with Gasteiger partial charge in [-0.3, -0.25) is 0 Å². The Morgan fingerprint density at radius 3 is 2.73 bits per heavy atom. The van der Waals surface area contributed by atoms with Crippen molar-refractivity contribution < 1.29 is 9.53 Å². The quantitative estimate of drug-likeness (QED) is 0.733. The van der Waals surface area contributed by atoms with Gasteiger partial charge in [-0.25, -0.2) is 4.79 Å². The summed E-state index contributed by atoms with van der Waals surface area (Å²) in [5.74, 6) is 1.50. The molecule has 0 bridgehead atoms. The van der Waals surface area contributed by atoms with Crippen LogP contribution in [0.1, 0.15) is 26.2 Å². The fourth-order valence-corrected chi connectivity index (χ4v) is 1.98. The molecule has 4 nitrogen and oxygen atoms in total. The molecule has 0 aromatic rings. The van der Waals surface area contributed by atoms with Crippen LogP contribution in [0.2, 0.25) is 0 Å². The Balaban J connectivity index is 1.52. The highest BCUT2D eigenvalue weighted by Crippen LogP contribution is 2.36. The van der Waals surface area contributed by atoms with Crippen LogP contribution in [0.4, 0.5) is 4.79 Å². The highest BCUT2D eigenvalue weighted by Gasteiger charge is 2.32. The standard InChI is InChI=1S/C11H20N2O2/c1-8-5-9(8)6-12-11(14)13-7-10-3-2-4-15-10/h8-10H,2-7H2,1H3,(H2,12,13,14). The maximum absolute atomic E-state index is 11.4. The zero-order chi connectivity index (χ0) is 10.7. The van der Waals surface area contributed by atoms with Gasteiger partial charge in [0.05, 0.1) is 6.10 Å². The van der Waals surface area contributed by atoms with Gasteiger partial charge in [0.15, 0.2) is 0 Å². The van der Waals surface area contributed by atoms with Gasteiger partial charge in [0, 0.05) is 19.7 Å². The topological polar surface area (TPSA) is 50.4 Å². The van der Waals surface area contributed by atoms with Gasteiger partial charge < -0.3 is 15.4 Å². The van der Waals surface area contributed by atoms with Crippen LogP contribution in [0.15, 0.2) is 0 Å². The van der Waals surface area contributed by atoms with E-state index in [0.717, 1.165) is 31.9 Å². The molecule has 86 valence electrons. The Morgan fingerprint density at radius 1 is 1.40 bits per heavy atom. The molecule has 2 amide bonds. The van der Waals surface area contributed by atoms with Gasteiger partial charge in [-0.15, -0.1) is 0 Å². The molecule has 1 heterocycles. The molecule has 2 N–H and O–H groups in total. The number of amides is 2. The number of urea groups is 1. The monoisotopic (exact) mass is 212 g/mol. The fraction of sp³-hybridized carbons (Fsp3) is 0.909. The van der Waals surface area contributed by atoms with Gasteiger partial charge in [0.1, 0.15) is 0 Å². The number of nitrogens with one attached hydrogen (secondary N) is 2. The van der Waals surface area contributed by atoms with Crippen LogP contribution in [0.5, 0.6) is 0 Å². The Bertz CT molecular complexity index is 227. The molecular weight excluding hydrogens is 192 g/mol. The Labute approximate surface area is 90.8 Å². The van der Waals surface area contributed by atoms with Gasteiger partial charge >= 0.3 is 6.03 Å². The normalized spacial score (nSPS) is 33.8. The summed E-state index contributed by atoms with van der Waals surface area (Å²) >= 11 is 0. The van der Waals surface area contributed by atoms with Crippen molar-refractivity contribution in [1.82, 2.24) is 10.6 Å². The molecule has 4 heteroatoms. The van der Waals surface area contributed by atoms with Crippen molar-refractivity contribution in [3.8, 4) is 0 Å². The van der Waals surface area contributed by atoms with Crippen LogP contribution >= 0.6 is 0 Å². The van der Waals surface area contributed by atoms with Crippen molar-refractivity contribution in [2.45, 2.75) is 32.3 Å². The average Bonchev–Trinajstić information content (AvgIpc) is 2.73. The molecular formula is C11H20N2O2. The smallest absolute Gasteiger partial charge is 0.314 e.